The van der Waals surface area contributed by atoms with E-state index in [4.69, 9.17) is 15.0 Å². The predicted molar refractivity (Wildman–Crippen MR) is 226 cm³/mol. The van der Waals surface area contributed by atoms with Gasteiger partial charge in [0.05, 0.1) is 33.8 Å². The van der Waals surface area contributed by atoms with Crippen molar-refractivity contribution in [2.24, 2.45) is 0 Å². The van der Waals surface area contributed by atoms with Crippen molar-refractivity contribution in [3.8, 4) is 78.4 Å². The third-order valence-corrected chi connectivity index (χ3v) is 10.2. The monoisotopic (exact) mass is 702 g/mol. The van der Waals surface area contributed by atoms with Crippen LogP contribution in [0.3, 0.4) is 0 Å². The van der Waals surface area contributed by atoms with Gasteiger partial charge in [-0.1, -0.05) is 146 Å². The molecule has 10 rings (SSSR count). The molecule has 0 saturated carbocycles. The summed E-state index contributed by atoms with van der Waals surface area (Å²) in [5.41, 5.74) is 17.5. The van der Waals surface area contributed by atoms with Crippen LogP contribution in [0.1, 0.15) is 0 Å². The first-order valence-electron chi connectivity index (χ1n) is 18.5. The molecule has 0 aliphatic carbocycles. The molecular weight excluding hydrogens is 669 g/mol. The lowest BCUT2D eigenvalue weighted by atomic mass is 9.91. The Hall–Kier alpha value is -7.43. The summed E-state index contributed by atoms with van der Waals surface area (Å²) in [4.78, 5) is 15.5. The topological polar surface area (TPSA) is 43.1 Å². The van der Waals surface area contributed by atoms with Gasteiger partial charge in [-0.05, 0) is 88.0 Å². The normalized spacial score (nSPS) is 11.3. The Morgan fingerprint density at radius 3 is 1.29 bits per heavy atom. The Morgan fingerprint density at radius 2 is 0.691 bits per heavy atom. The number of imidazole rings is 1. The van der Waals surface area contributed by atoms with Gasteiger partial charge in [-0.3, -0.25) is 4.40 Å². The number of benzene rings is 7. The minimum atomic E-state index is 0.862. The van der Waals surface area contributed by atoms with Crippen LogP contribution in [-0.4, -0.2) is 19.4 Å². The molecule has 0 saturated heterocycles. The van der Waals surface area contributed by atoms with E-state index in [-0.39, 0.29) is 0 Å². The largest absolute Gasteiger partial charge is 0.299 e. The van der Waals surface area contributed by atoms with E-state index in [0.29, 0.717) is 0 Å². The van der Waals surface area contributed by atoms with Crippen LogP contribution in [0.4, 0.5) is 0 Å². The van der Waals surface area contributed by atoms with E-state index in [2.05, 4.69) is 174 Å². The predicted octanol–water partition coefficient (Wildman–Crippen LogP) is 12.9. The lowest BCUT2D eigenvalue weighted by molar-refractivity contribution is 1.19. The highest BCUT2D eigenvalue weighted by Gasteiger charge is 2.18. The molecule has 258 valence electrons. The average Bonchev–Trinajstić information content (AvgIpc) is 3.67. The lowest BCUT2D eigenvalue weighted by Crippen LogP contribution is -1.95. The van der Waals surface area contributed by atoms with Crippen LogP contribution in [0.2, 0.25) is 0 Å². The zero-order valence-electron chi connectivity index (χ0n) is 29.9. The first-order valence-corrected chi connectivity index (χ1v) is 18.5. The number of pyridine rings is 1. The van der Waals surface area contributed by atoms with Gasteiger partial charge >= 0.3 is 0 Å². The SMILES string of the molecule is c1ccc(-c2cc(-c3cccc(-c4nc5ccccc5nc4-c4ccccc4)c3)cc(-c3cccc(-c4nc5ccccn5c4-c4ccccc4)c3)c2)cc1. The van der Waals surface area contributed by atoms with Crippen molar-refractivity contribution in [3.05, 3.63) is 206 Å². The van der Waals surface area contributed by atoms with E-state index in [0.717, 1.165) is 95.1 Å². The number of rotatable bonds is 7. The maximum absolute atomic E-state index is 5.20. The van der Waals surface area contributed by atoms with Gasteiger partial charge in [0.1, 0.15) is 5.65 Å². The van der Waals surface area contributed by atoms with E-state index in [1.54, 1.807) is 0 Å². The van der Waals surface area contributed by atoms with Gasteiger partial charge in [-0.2, -0.15) is 0 Å². The average molecular weight is 703 g/mol. The van der Waals surface area contributed by atoms with Crippen molar-refractivity contribution < 1.29 is 0 Å². The number of hydrogen-bond donors (Lipinski definition) is 0. The quantitative estimate of drug-likeness (QED) is 0.166. The summed E-state index contributed by atoms with van der Waals surface area (Å²) in [5, 5.41) is 0. The Labute approximate surface area is 319 Å². The van der Waals surface area contributed by atoms with Crippen LogP contribution in [0.5, 0.6) is 0 Å². The van der Waals surface area contributed by atoms with Crippen LogP contribution >= 0.6 is 0 Å². The van der Waals surface area contributed by atoms with E-state index in [1.807, 2.05) is 36.4 Å². The van der Waals surface area contributed by atoms with Crippen LogP contribution in [0, 0.1) is 0 Å². The molecule has 4 heteroatoms. The van der Waals surface area contributed by atoms with E-state index >= 15 is 0 Å². The zero-order valence-corrected chi connectivity index (χ0v) is 29.9. The molecule has 0 radical (unpaired) electrons. The summed E-state index contributed by atoms with van der Waals surface area (Å²) < 4.78 is 2.18. The van der Waals surface area contributed by atoms with Crippen molar-refractivity contribution in [2.45, 2.75) is 0 Å². The summed E-state index contributed by atoms with van der Waals surface area (Å²) in [6.45, 7) is 0. The Kier molecular flexibility index (Phi) is 8.12. The molecule has 0 spiro atoms. The Bertz CT molecular complexity index is 2970. The molecule has 3 heterocycles. The van der Waals surface area contributed by atoms with Gasteiger partial charge < -0.3 is 0 Å². The molecule has 0 atom stereocenters. The van der Waals surface area contributed by atoms with Crippen molar-refractivity contribution in [2.75, 3.05) is 0 Å². The molecule has 3 aromatic heterocycles. The molecule has 4 nitrogen and oxygen atoms in total. The minimum Gasteiger partial charge on any atom is -0.299 e. The second-order valence-electron chi connectivity index (χ2n) is 13.7. The van der Waals surface area contributed by atoms with E-state index in [1.165, 1.54) is 0 Å². The first kappa shape index (κ1) is 32.2. The van der Waals surface area contributed by atoms with Crippen molar-refractivity contribution in [1.82, 2.24) is 19.4 Å². The van der Waals surface area contributed by atoms with Crippen LogP contribution in [-0.2, 0) is 0 Å². The number of fused-ring (bicyclic) bond motifs is 2. The minimum absolute atomic E-state index is 0.862. The Balaban J connectivity index is 1.12. The zero-order chi connectivity index (χ0) is 36.6. The summed E-state index contributed by atoms with van der Waals surface area (Å²) in [7, 11) is 0. The van der Waals surface area contributed by atoms with Gasteiger partial charge in [0, 0.05) is 28.5 Å². The summed E-state index contributed by atoms with van der Waals surface area (Å²) in [6.07, 6.45) is 2.09. The standard InChI is InChI=1S/C51H34N4/c1-4-16-35(17-5-1)42-32-43(38-22-14-24-40(30-38)49-48(36-18-6-2-7-19-36)52-45-26-10-11-27-46(45)53-49)34-44(33-42)39-23-15-25-41(31-39)50-51(37-20-8-3-9-21-37)55-29-13-12-28-47(55)54-50/h1-34H. The maximum atomic E-state index is 5.20. The second kappa shape index (κ2) is 13.8. The smallest absolute Gasteiger partial charge is 0.137 e. The fourth-order valence-corrected chi connectivity index (χ4v) is 7.52. The molecule has 0 bridgehead atoms. The molecule has 0 fully saturated rings. The highest BCUT2D eigenvalue weighted by molar-refractivity contribution is 5.89. The number of aromatic nitrogens is 4. The van der Waals surface area contributed by atoms with Crippen molar-refractivity contribution in [1.29, 1.82) is 0 Å². The lowest BCUT2D eigenvalue weighted by Gasteiger charge is -2.14. The molecule has 7 aromatic carbocycles. The maximum Gasteiger partial charge on any atom is 0.137 e. The summed E-state index contributed by atoms with van der Waals surface area (Å²) >= 11 is 0. The number of hydrogen-bond acceptors (Lipinski definition) is 3. The summed E-state index contributed by atoms with van der Waals surface area (Å²) in [5.74, 6) is 0. The van der Waals surface area contributed by atoms with E-state index < -0.39 is 0 Å². The Morgan fingerprint density at radius 1 is 0.273 bits per heavy atom. The highest BCUT2D eigenvalue weighted by atomic mass is 15.0. The molecule has 0 aliphatic heterocycles. The summed E-state index contributed by atoms with van der Waals surface area (Å²) in [6, 6.07) is 70.1. The fraction of sp³-hybridized carbons (Fsp3) is 0. The number of nitrogens with zero attached hydrogens (tertiary/aromatic N) is 4. The van der Waals surface area contributed by atoms with E-state index in [9.17, 15) is 0 Å². The van der Waals surface area contributed by atoms with Gasteiger partial charge in [0.15, 0.2) is 0 Å². The van der Waals surface area contributed by atoms with Gasteiger partial charge in [0.2, 0.25) is 0 Å². The van der Waals surface area contributed by atoms with Gasteiger partial charge in [-0.15, -0.1) is 0 Å². The van der Waals surface area contributed by atoms with Crippen LogP contribution in [0.15, 0.2) is 206 Å². The molecular formula is C51H34N4. The second-order valence-corrected chi connectivity index (χ2v) is 13.7. The van der Waals surface area contributed by atoms with Crippen LogP contribution < -0.4 is 0 Å². The van der Waals surface area contributed by atoms with Crippen LogP contribution in [0.25, 0.3) is 95.1 Å². The third kappa shape index (κ3) is 6.16. The number of para-hydroxylation sites is 2. The molecule has 10 aromatic rings. The van der Waals surface area contributed by atoms with Crippen molar-refractivity contribution >= 4 is 16.7 Å². The molecule has 55 heavy (non-hydrogen) atoms. The molecule has 0 N–H and O–H groups in total. The van der Waals surface area contributed by atoms with Gasteiger partial charge in [-0.25, -0.2) is 15.0 Å². The van der Waals surface area contributed by atoms with Gasteiger partial charge in [0.25, 0.3) is 0 Å². The third-order valence-electron chi connectivity index (χ3n) is 10.2. The highest BCUT2D eigenvalue weighted by Crippen LogP contribution is 2.39. The van der Waals surface area contributed by atoms with Crippen molar-refractivity contribution in [3.63, 3.8) is 0 Å². The molecule has 0 aliphatic rings. The molecule has 0 unspecified atom stereocenters. The first-order chi connectivity index (χ1) is 27.2. The fourth-order valence-electron chi connectivity index (χ4n) is 7.52. The molecule has 0 amide bonds.